The number of ether oxygens (including phenoxy) is 1. The Labute approximate surface area is 174 Å². The lowest BCUT2D eigenvalue weighted by Crippen LogP contribution is -2.39. The molecular weight excluding hydrogens is 467 g/mol. The molecule has 0 radical (unpaired) electrons. The van der Waals surface area contributed by atoms with Crippen LogP contribution in [0, 0.1) is 0 Å². The molecular formula is C17H31IN4O3S. The molecule has 0 amide bonds. The minimum atomic E-state index is -3.53. The quantitative estimate of drug-likeness (QED) is 0.223. The summed E-state index contributed by atoms with van der Waals surface area (Å²) in [4.78, 5) is 6.58. The average molecular weight is 498 g/mol. The third-order valence-corrected chi connectivity index (χ3v) is 5.14. The molecule has 1 rings (SSSR count). The summed E-state index contributed by atoms with van der Waals surface area (Å²) in [5.41, 5.74) is 0.875. The van der Waals surface area contributed by atoms with Gasteiger partial charge in [-0.15, -0.1) is 24.0 Å². The maximum absolute atomic E-state index is 12.3. The van der Waals surface area contributed by atoms with Crippen molar-refractivity contribution in [2.24, 2.45) is 4.99 Å². The van der Waals surface area contributed by atoms with Crippen molar-refractivity contribution in [3.05, 3.63) is 29.8 Å². The molecule has 150 valence electrons. The molecule has 26 heavy (non-hydrogen) atoms. The number of hydrogen-bond donors (Lipinski definition) is 2. The Bertz CT molecular complexity index is 653. The van der Waals surface area contributed by atoms with Crippen molar-refractivity contribution in [3.8, 4) is 0 Å². The largest absolute Gasteiger partial charge is 0.383 e. The summed E-state index contributed by atoms with van der Waals surface area (Å²) in [5.74, 6) is 0.792. The smallest absolute Gasteiger partial charge is 0.240 e. The summed E-state index contributed by atoms with van der Waals surface area (Å²) < 4.78 is 31.9. The van der Waals surface area contributed by atoms with Gasteiger partial charge in [0.1, 0.15) is 0 Å². The summed E-state index contributed by atoms with van der Waals surface area (Å²) in [7, 11) is 1.74. The van der Waals surface area contributed by atoms with Gasteiger partial charge in [0.05, 0.1) is 11.5 Å². The fourth-order valence-corrected chi connectivity index (χ4v) is 3.33. The lowest BCUT2D eigenvalue weighted by atomic mass is 10.2. The molecule has 0 fully saturated rings. The number of aliphatic imine (C=N–C) groups is 1. The minimum Gasteiger partial charge on any atom is -0.383 e. The normalized spacial score (nSPS) is 11.8. The van der Waals surface area contributed by atoms with Gasteiger partial charge in [0.25, 0.3) is 0 Å². The number of nitrogens with zero attached hydrogens (tertiary/aromatic N) is 2. The predicted molar refractivity (Wildman–Crippen MR) is 117 cm³/mol. The van der Waals surface area contributed by atoms with E-state index in [0.29, 0.717) is 13.2 Å². The molecule has 7 nitrogen and oxygen atoms in total. The number of nitrogens with one attached hydrogen (secondary N) is 2. The van der Waals surface area contributed by atoms with Crippen LogP contribution in [0.2, 0.25) is 0 Å². The molecule has 0 heterocycles. The molecule has 0 bridgehead atoms. The van der Waals surface area contributed by atoms with Crippen molar-refractivity contribution in [1.82, 2.24) is 14.9 Å². The van der Waals surface area contributed by atoms with Crippen LogP contribution in [-0.2, 0) is 21.3 Å². The van der Waals surface area contributed by atoms with E-state index in [1.165, 1.54) is 7.11 Å². The first-order chi connectivity index (χ1) is 11.9. The summed E-state index contributed by atoms with van der Waals surface area (Å²) in [6, 6.07) is 6.88. The van der Waals surface area contributed by atoms with Gasteiger partial charge in [-0.3, -0.25) is 4.99 Å². The van der Waals surface area contributed by atoms with Gasteiger partial charge in [-0.25, -0.2) is 13.1 Å². The third-order valence-electron chi connectivity index (χ3n) is 3.68. The van der Waals surface area contributed by atoms with E-state index in [1.807, 2.05) is 13.1 Å². The highest BCUT2D eigenvalue weighted by Crippen LogP contribution is 2.11. The Morgan fingerprint density at radius 2 is 2.08 bits per heavy atom. The van der Waals surface area contributed by atoms with Crippen LogP contribution in [0.15, 0.2) is 34.2 Å². The molecule has 0 aromatic heterocycles. The predicted octanol–water partition coefficient (Wildman–Crippen LogP) is 2.04. The standard InChI is InChI=1S/C17H30N4O3S.HI/c1-5-6-11-21(3)17(18-2)19-14-15-8-7-9-16(13-15)25(22,23)20-10-12-24-4;/h7-9,13,20H,5-6,10-12,14H2,1-4H3,(H,18,19);1H. The van der Waals surface area contributed by atoms with Crippen LogP contribution < -0.4 is 10.0 Å². The van der Waals surface area contributed by atoms with E-state index in [2.05, 4.69) is 26.9 Å². The SMILES string of the molecule is CCCCN(C)C(=NC)NCc1cccc(S(=O)(=O)NCCOC)c1.I. The van der Waals surface area contributed by atoms with Gasteiger partial charge in [-0.2, -0.15) is 0 Å². The van der Waals surface area contributed by atoms with E-state index < -0.39 is 10.0 Å². The molecule has 0 unspecified atom stereocenters. The maximum atomic E-state index is 12.3. The van der Waals surface area contributed by atoms with E-state index in [1.54, 1.807) is 25.2 Å². The van der Waals surface area contributed by atoms with Gasteiger partial charge in [0.2, 0.25) is 10.0 Å². The highest BCUT2D eigenvalue weighted by Gasteiger charge is 2.14. The Hall–Kier alpha value is -0.910. The van der Waals surface area contributed by atoms with Crippen LogP contribution in [0.1, 0.15) is 25.3 Å². The number of guanidine groups is 1. The van der Waals surface area contributed by atoms with Gasteiger partial charge < -0.3 is 15.0 Å². The van der Waals surface area contributed by atoms with Crippen LogP contribution in [0.4, 0.5) is 0 Å². The summed E-state index contributed by atoms with van der Waals surface area (Å²) in [6.45, 7) is 4.16. The molecule has 0 saturated heterocycles. The fourth-order valence-electron chi connectivity index (χ4n) is 2.25. The second-order valence-corrected chi connectivity index (χ2v) is 7.48. The van der Waals surface area contributed by atoms with Gasteiger partial charge >= 0.3 is 0 Å². The number of sulfonamides is 1. The first kappa shape index (κ1) is 25.1. The van der Waals surface area contributed by atoms with E-state index in [0.717, 1.165) is 30.9 Å². The number of benzene rings is 1. The molecule has 0 aliphatic carbocycles. The zero-order valence-corrected chi connectivity index (χ0v) is 19.1. The highest BCUT2D eigenvalue weighted by atomic mass is 127. The fraction of sp³-hybridized carbons (Fsp3) is 0.588. The third kappa shape index (κ3) is 8.65. The molecule has 9 heteroatoms. The second kappa shape index (κ2) is 13.3. The number of halogens is 1. The molecule has 1 aromatic rings. The molecule has 0 saturated carbocycles. The van der Waals surface area contributed by atoms with Gasteiger partial charge in [-0.1, -0.05) is 25.5 Å². The first-order valence-electron chi connectivity index (χ1n) is 8.44. The molecule has 1 aromatic carbocycles. The van der Waals surface area contributed by atoms with E-state index in [4.69, 9.17) is 4.74 Å². The molecule has 0 aliphatic rings. The minimum absolute atomic E-state index is 0. The van der Waals surface area contributed by atoms with Crippen molar-refractivity contribution < 1.29 is 13.2 Å². The summed E-state index contributed by atoms with van der Waals surface area (Å²) in [5, 5.41) is 3.27. The van der Waals surface area contributed by atoms with E-state index in [-0.39, 0.29) is 35.4 Å². The number of rotatable bonds is 10. The summed E-state index contributed by atoms with van der Waals surface area (Å²) >= 11 is 0. The van der Waals surface area contributed by atoms with Crippen LogP contribution in [0.3, 0.4) is 0 Å². The topological polar surface area (TPSA) is 83.0 Å². The molecule has 0 spiro atoms. The van der Waals surface area contributed by atoms with Crippen LogP contribution >= 0.6 is 24.0 Å². The zero-order valence-electron chi connectivity index (χ0n) is 16.0. The van der Waals surface area contributed by atoms with E-state index in [9.17, 15) is 8.42 Å². The Morgan fingerprint density at radius 1 is 1.35 bits per heavy atom. The molecule has 2 N–H and O–H groups in total. The number of hydrogen-bond acceptors (Lipinski definition) is 4. The Balaban J connectivity index is 0.00000625. The molecule has 0 aliphatic heterocycles. The maximum Gasteiger partial charge on any atom is 0.240 e. The lowest BCUT2D eigenvalue weighted by Gasteiger charge is -2.22. The van der Waals surface area contributed by atoms with Gasteiger partial charge in [0.15, 0.2) is 5.96 Å². The van der Waals surface area contributed by atoms with Crippen molar-refractivity contribution in [1.29, 1.82) is 0 Å². The summed E-state index contributed by atoms with van der Waals surface area (Å²) in [6.07, 6.45) is 2.22. The monoisotopic (exact) mass is 498 g/mol. The first-order valence-corrected chi connectivity index (χ1v) is 9.92. The lowest BCUT2D eigenvalue weighted by molar-refractivity contribution is 0.204. The Morgan fingerprint density at radius 3 is 2.69 bits per heavy atom. The van der Waals surface area contributed by atoms with E-state index >= 15 is 0 Å². The molecule has 0 atom stereocenters. The second-order valence-electron chi connectivity index (χ2n) is 5.71. The highest BCUT2D eigenvalue weighted by molar-refractivity contribution is 14.0. The Kier molecular flexibility index (Phi) is 12.8. The van der Waals surface area contributed by atoms with Crippen molar-refractivity contribution in [2.75, 3.05) is 40.9 Å². The van der Waals surface area contributed by atoms with Gasteiger partial charge in [-0.05, 0) is 24.1 Å². The van der Waals surface area contributed by atoms with Crippen LogP contribution in [-0.4, -0.2) is 60.2 Å². The average Bonchev–Trinajstić information content (AvgIpc) is 2.60. The van der Waals surface area contributed by atoms with Crippen molar-refractivity contribution >= 4 is 40.0 Å². The van der Waals surface area contributed by atoms with Gasteiger partial charge in [0, 0.05) is 40.8 Å². The van der Waals surface area contributed by atoms with Crippen LogP contribution in [0.5, 0.6) is 0 Å². The zero-order chi connectivity index (χ0) is 18.7. The van der Waals surface area contributed by atoms with Crippen LogP contribution in [0.25, 0.3) is 0 Å². The number of methoxy groups -OCH3 is 1. The van der Waals surface area contributed by atoms with Crippen molar-refractivity contribution in [3.63, 3.8) is 0 Å². The van der Waals surface area contributed by atoms with Crippen molar-refractivity contribution in [2.45, 2.75) is 31.2 Å². The number of unbranched alkanes of at least 4 members (excludes halogenated alkanes) is 1.